The van der Waals surface area contributed by atoms with Crippen molar-refractivity contribution in [3.63, 3.8) is 0 Å². The second-order valence-electron chi connectivity index (χ2n) is 5.45. The minimum atomic E-state index is -4.57. The third kappa shape index (κ3) is 4.58. The normalized spacial score (nSPS) is 12.8. The highest BCUT2D eigenvalue weighted by Gasteiger charge is 2.34. The molecule has 0 spiro atoms. The molecule has 1 aromatic carbocycles. The monoisotopic (exact) mass is 340 g/mol. The Balaban J connectivity index is 2.37. The average Bonchev–Trinajstić information content (AvgIpc) is 2.54. The lowest BCUT2D eigenvalue weighted by atomic mass is 10.0. The van der Waals surface area contributed by atoms with Crippen LogP contribution in [0.5, 0.6) is 0 Å². The number of nitrogens with zero attached hydrogens (tertiary/aromatic N) is 3. The van der Waals surface area contributed by atoms with Gasteiger partial charge in [0.05, 0.1) is 6.04 Å². The van der Waals surface area contributed by atoms with Crippen LogP contribution in [-0.2, 0) is 6.18 Å². The lowest BCUT2D eigenvalue weighted by Gasteiger charge is -2.21. The molecular weight excluding hydrogens is 321 g/mol. The minimum absolute atomic E-state index is 0.119. The topological polar surface area (TPSA) is 61.3 Å². The number of aromatic nitrogens is 2. The summed E-state index contributed by atoms with van der Waals surface area (Å²) in [6.45, 7) is -0.119. The molecule has 8 heteroatoms. The number of rotatable bonds is 6. The van der Waals surface area contributed by atoms with Crippen molar-refractivity contribution in [2.45, 2.75) is 18.6 Å². The molecule has 0 aliphatic carbocycles. The number of hydrogen-bond donors (Lipinski definition) is 2. The Morgan fingerprint density at radius 3 is 2.38 bits per heavy atom. The van der Waals surface area contributed by atoms with Crippen LogP contribution in [0.1, 0.15) is 23.7 Å². The van der Waals surface area contributed by atoms with Crippen molar-refractivity contribution < 1.29 is 18.3 Å². The van der Waals surface area contributed by atoms with E-state index in [1.165, 1.54) is 4.90 Å². The third-order valence-corrected chi connectivity index (χ3v) is 3.38. The van der Waals surface area contributed by atoms with Gasteiger partial charge in [0, 0.05) is 26.8 Å². The molecule has 0 fully saturated rings. The molecule has 0 unspecified atom stereocenters. The smallest absolute Gasteiger partial charge is 0.396 e. The second kappa shape index (κ2) is 7.48. The van der Waals surface area contributed by atoms with Gasteiger partial charge in [0.25, 0.3) is 0 Å². The zero-order chi connectivity index (χ0) is 17.7. The van der Waals surface area contributed by atoms with E-state index in [0.29, 0.717) is 6.42 Å². The molecule has 0 saturated heterocycles. The summed E-state index contributed by atoms with van der Waals surface area (Å²) in [5.74, 6) is 0.0199. The molecule has 0 saturated carbocycles. The first-order valence-electron chi connectivity index (χ1n) is 7.37. The van der Waals surface area contributed by atoms with Crippen LogP contribution in [0.4, 0.5) is 24.9 Å². The Bertz CT molecular complexity index is 662. The van der Waals surface area contributed by atoms with Gasteiger partial charge in [-0.3, -0.25) is 0 Å². The molecule has 1 heterocycles. The number of aliphatic hydroxyl groups excluding tert-OH is 1. The van der Waals surface area contributed by atoms with Gasteiger partial charge >= 0.3 is 6.18 Å². The number of aliphatic hydroxyl groups is 1. The van der Waals surface area contributed by atoms with Crippen molar-refractivity contribution in [2.75, 3.05) is 30.9 Å². The summed E-state index contributed by atoms with van der Waals surface area (Å²) in [5.41, 5.74) is -0.182. The van der Waals surface area contributed by atoms with Crippen molar-refractivity contribution in [3.8, 4) is 0 Å². The van der Waals surface area contributed by atoms with E-state index in [1.54, 1.807) is 14.1 Å². The maximum Gasteiger partial charge on any atom is 0.433 e. The number of anilines is 2. The molecule has 2 rings (SSSR count). The van der Waals surface area contributed by atoms with Gasteiger partial charge in [-0.2, -0.15) is 18.2 Å². The Labute approximate surface area is 138 Å². The number of alkyl halides is 3. The van der Waals surface area contributed by atoms with Crippen molar-refractivity contribution in [2.24, 2.45) is 0 Å². The Morgan fingerprint density at radius 1 is 1.17 bits per heavy atom. The SMILES string of the molecule is CN(C)c1cc(C(F)(F)F)nc(N[C@@H](CCO)c2ccccc2)n1. The molecule has 5 nitrogen and oxygen atoms in total. The highest BCUT2D eigenvalue weighted by Crippen LogP contribution is 2.31. The fourth-order valence-corrected chi connectivity index (χ4v) is 2.17. The van der Waals surface area contributed by atoms with Gasteiger partial charge in [-0.1, -0.05) is 30.3 Å². The van der Waals surface area contributed by atoms with Crippen LogP contribution in [0.2, 0.25) is 0 Å². The number of benzene rings is 1. The molecule has 0 bridgehead atoms. The Hall–Kier alpha value is -2.35. The molecular formula is C16H19F3N4O. The fourth-order valence-electron chi connectivity index (χ4n) is 2.17. The average molecular weight is 340 g/mol. The van der Waals surface area contributed by atoms with E-state index in [-0.39, 0.29) is 18.4 Å². The highest BCUT2D eigenvalue weighted by molar-refractivity contribution is 5.45. The zero-order valence-corrected chi connectivity index (χ0v) is 13.4. The summed E-state index contributed by atoms with van der Waals surface area (Å²) in [4.78, 5) is 9.17. The third-order valence-electron chi connectivity index (χ3n) is 3.38. The van der Waals surface area contributed by atoms with Crippen LogP contribution in [0.15, 0.2) is 36.4 Å². The molecule has 1 atom stereocenters. The zero-order valence-electron chi connectivity index (χ0n) is 13.4. The van der Waals surface area contributed by atoms with E-state index in [0.717, 1.165) is 11.6 Å². The van der Waals surface area contributed by atoms with Crippen molar-refractivity contribution in [3.05, 3.63) is 47.7 Å². The minimum Gasteiger partial charge on any atom is -0.396 e. The number of halogens is 3. The number of hydrogen-bond acceptors (Lipinski definition) is 5. The summed E-state index contributed by atoms with van der Waals surface area (Å²) in [7, 11) is 3.21. The van der Waals surface area contributed by atoms with Crippen LogP contribution in [0, 0.1) is 0 Å². The van der Waals surface area contributed by atoms with E-state index >= 15 is 0 Å². The van der Waals surface area contributed by atoms with Crippen LogP contribution in [0.25, 0.3) is 0 Å². The van der Waals surface area contributed by atoms with Crippen LogP contribution >= 0.6 is 0 Å². The van der Waals surface area contributed by atoms with Crippen molar-refractivity contribution in [1.82, 2.24) is 9.97 Å². The molecule has 24 heavy (non-hydrogen) atoms. The van der Waals surface area contributed by atoms with E-state index < -0.39 is 17.9 Å². The van der Waals surface area contributed by atoms with Crippen LogP contribution < -0.4 is 10.2 Å². The molecule has 130 valence electrons. The van der Waals surface area contributed by atoms with Gasteiger partial charge < -0.3 is 15.3 Å². The van der Waals surface area contributed by atoms with Gasteiger partial charge in [-0.25, -0.2) is 4.98 Å². The van der Waals surface area contributed by atoms with Crippen LogP contribution in [-0.4, -0.2) is 35.8 Å². The maximum absolute atomic E-state index is 13.0. The Kier molecular flexibility index (Phi) is 5.61. The van der Waals surface area contributed by atoms with Crippen molar-refractivity contribution in [1.29, 1.82) is 0 Å². The van der Waals surface area contributed by atoms with E-state index in [4.69, 9.17) is 0 Å². The molecule has 0 aliphatic heterocycles. The molecule has 0 amide bonds. The highest BCUT2D eigenvalue weighted by atomic mass is 19.4. The summed E-state index contributed by atoms with van der Waals surface area (Å²) in [5, 5.41) is 12.1. The predicted molar refractivity (Wildman–Crippen MR) is 85.9 cm³/mol. The Morgan fingerprint density at radius 2 is 1.83 bits per heavy atom. The van der Waals surface area contributed by atoms with Crippen LogP contribution in [0.3, 0.4) is 0 Å². The fraction of sp³-hybridized carbons (Fsp3) is 0.375. The maximum atomic E-state index is 13.0. The van der Waals surface area contributed by atoms with Crippen molar-refractivity contribution >= 4 is 11.8 Å². The standard InChI is InChI=1S/C16H19F3N4O/c1-23(2)14-10-13(16(17,18)19)21-15(22-14)20-12(8-9-24)11-6-4-3-5-7-11/h3-7,10,12,24H,8-9H2,1-2H3,(H,20,21,22)/t12-/m0/s1. The lowest BCUT2D eigenvalue weighted by Crippen LogP contribution is -2.20. The predicted octanol–water partition coefficient (Wildman–Crippen LogP) is 3.10. The second-order valence-corrected chi connectivity index (χ2v) is 5.45. The first-order chi connectivity index (χ1) is 11.3. The molecule has 0 aliphatic rings. The van der Waals surface area contributed by atoms with E-state index in [1.807, 2.05) is 30.3 Å². The summed E-state index contributed by atoms with van der Waals surface area (Å²) in [6.07, 6.45) is -4.25. The van der Waals surface area contributed by atoms with Gasteiger partial charge in [-0.05, 0) is 12.0 Å². The lowest BCUT2D eigenvalue weighted by molar-refractivity contribution is -0.141. The first kappa shape index (κ1) is 18.0. The van der Waals surface area contributed by atoms with Gasteiger partial charge in [0.2, 0.25) is 5.95 Å². The summed E-state index contributed by atoms with van der Waals surface area (Å²) in [6, 6.07) is 9.63. The quantitative estimate of drug-likeness (QED) is 0.846. The molecule has 0 radical (unpaired) electrons. The largest absolute Gasteiger partial charge is 0.433 e. The first-order valence-corrected chi connectivity index (χ1v) is 7.37. The number of nitrogens with one attached hydrogen (secondary N) is 1. The van der Waals surface area contributed by atoms with E-state index in [2.05, 4.69) is 15.3 Å². The van der Waals surface area contributed by atoms with Gasteiger partial charge in [0.1, 0.15) is 5.82 Å². The molecule has 1 aromatic heterocycles. The summed E-state index contributed by atoms with van der Waals surface area (Å²) < 4.78 is 39.1. The van der Waals surface area contributed by atoms with Gasteiger partial charge in [-0.15, -0.1) is 0 Å². The van der Waals surface area contributed by atoms with E-state index in [9.17, 15) is 18.3 Å². The van der Waals surface area contributed by atoms with Gasteiger partial charge in [0.15, 0.2) is 5.69 Å². The molecule has 2 N–H and O–H groups in total. The summed E-state index contributed by atoms with van der Waals surface area (Å²) >= 11 is 0. The molecule has 2 aromatic rings.